The fraction of sp³-hybridized carbons (Fsp3) is 0.929. The van der Waals surface area contributed by atoms with Gasteiger partial charge in [-0.2, -0.15) is 11.8 Å². The molecule has 0 aromatic carbocycles. The van der Waals surface area contributed by atoms with Crippen LogP contribution in [0.4, 0.5) is 4.79 Å². The number of ether oxygens (including phenoxy) is 1. The molecule has 2 aliphatic rings. The van der Waals surface area contributed by atoms with Crippen LogP contribution >= 0.6 is 11.8 Å². The quantitative estimate of drug-likeness (QED) is 0.843. The van der Waals surface area contributed by atoms with Gasteiger partial charge in [-0.15, -0.1) is 0 Å². The Hall–Kier alpha value is -0.420. The monoisotopic (exact) mass is 286 g/mol. The van der Waals surface area contributed by atoms with Crippen molar-refractivity contribution in [2.75, 3.05) is 24.6 Å². The Morgan fingerprint density at radius 3 is 2.63 bits per heavy atom. The van der Waals surface area contributed by atoms with Crippen LogP contribution in [0.15, 0.2) is 0 Å². The highest BCUT2D eigenvalue weighted by atomic mass is 32.2. The first kappa shape index (κ1) is 15.0. The number of carbonyl (C=O) groups is 1. The molecular weight excluding hydrogens is 260 g/mol. The van der Waals surface area contributed by atoms with Crippen molar-refractivity contribution in [3.63, 3.8) is 0 Å². The van der Waals surface area contributed by atoms with Crippen molar-refractivity contribution in [3.05, 3.63) is 0 Å². The van der Waals surface area contributed by atoms with Crippen LogP contribution in [0, 0.1) is 0 Å². The lowest BCUT2D eigenvalue weighted by atomic mass is 10.2. The summed E-state index contributed by atoms with van der Waals surface area (Å²) in [7, 11) is 0. The van der Waals surface area contributed by atoms with Gasteiger partial charge in [-0.1, -0.05) is 0 Å². The Labute approximate surface area is 120 Å². The van der Waals surface area contributed by atoms with Crippen LogP contribution in [0.5, 0.6) is 0 Å². The van der Waals surface area contributed by atoms with E-state index in [4.69, 9.17) is 4.74 Å². The molecule has 2 rings (SSSR count). The summed E-state index contributed by atoms with van der Waals surface area (Å²) in [5.41, 5.74) is -0.403. The van der Waals surface area contributed by atoms with E-state index in [9.17, 15) is 4.79 Å². The molecule has 0 aromatic heterocycles. The zero-order valence-corrected chi connectivity index (χ0v) is 13.1. The van der Waals surface area contributed by atoms with Gasteiger partial charge < -0.3 is 15.0 Å². The van der Waals surface area contributed by atoms with Gasteiger partial charge in [0.2, 0.25) is 0 Å². The number of hydrogen-bond acceptors (Lipinski definition) is 4. The number of nitrogens with one attached hydrogen (secondary N) is 1. The minimum Gasteiger partial charge on any atom is -0.444 e. The first-order valence-electron chi connectivity index (χ1n) is 7.26. The van der Waals surface area contributed by atoms with Crippen molar-refractivity contribution < 1.29 is 9.53 Å². The van der Waals surface area contributed by atoms with Crippen molar-refractivity contribution in [2.45, 2.75) is 57.7 Å². The third-order valence-corrected chi connectivity index (χ3v) is 4.49. The van der Waals surface area contributed by atoms with Gasteiger partial charge in [0, 0.05) is 30.9 Å². The molecule has 4 nitrogen and oxygen atoms in total. The van der Waals surface area contributed by atoms with Crippen LogP contribution in [0.25, 0.3) is 0 Å². The summed E-state index contributed by atoms with van der Waals surface area (Å²) in [4.78, 5) is 14.0. The van der Waals surface area contributed by atoms with E-state index < -0.39 is 5.60 Å². The number of nitrogens with zero attached hydrogens (tertiary/aromatic N) is 1. The Morgan fingerprint density at radius 1 is 1.37 bits per heavy atom. The van der Waals surface area contributed by atoms with Crippen LogP contribution in [-0.2, 0) is 4.74 Å². The van der Waals surface area contributed by atoms with E-state index in [2.05, 4.69) is 5.32 Å². The van der Waals surface area contributed by atoms with Crippen molar-refractivity contribution in [1.82, 2.24) is 10.2 Å². The summed E-state index contributed by atoms with van der Waals surface area (Å²) in [6.45, 7) is 7.40. The zero-order valence-electron chi connectivity index (χ0n) is 12.3. The highest BCUT2D eigenvalue weighted by Gasteiger charge is 2.34. The molecule has 1 amide bonds. The molecule has 19 heavy (non-hydrogen) atoms. The number of hydrogen-bond donors (Lipinski definition) is 1. The average Bonchev–Trinajstić information content (AvgIpc) is 2.99. The van der Waals surface area contributed by atoms with Crippen LogP contribution in [0.1, 0.15) is 40.0 Å². The van der Waals surface area contributed by atoms with Gasteiger partial charge in [0.15, 0.2) is 0 Å². The SMILES string of the molecule is CC(C)(C)OC(=O)N(CCNC1CCSC1)C1CC1. The number of thioether (sulfide) groups is 1. The molecule has 1 saturated heterocycles. The maximum atomic E-state index is 12.1. The van der Waals surface area contributed by atoms with Crippen LogP contribution in [0.2, 0.25) is 0 Å². The zero-order chi connectivity index (χ0) is 13.9. The maximum Gasteiger partial charge on any atom is 0.410 e. The van der Waals surface area contributed by atoms with E-state index in [0.29, 0.717) is 12.1 Å². The topological polar surface area (TPSA) is 41.6 Å². The van der Waals surface area contributed by atoms with Crippen molar-refractivity contribution >= 4 is 17.9 Å². The molecule has 1 heterocycles. The Morgan fingerprint density at radius 2 is 2.11 bits per heavy atom. The molecule has 0 radical (unpaired) electrons. The first-order chi connectivity index (χ1) is 8.96. The third-order valence-electron chi connectivity index (χ3n) is 3.33. The fourth-order valence-corrected chi connectivity index (χ4v) is 3.40. The van der Waals surface area contributed by atoms with Crippen LogP contribution < -0.4 is 5.32 Å². The first-order valence-corrected chi connectivity index (χ1v) is 8.42. The maximum absolute atomic E-state index is 12.1. The molecule has 110 valence electrons. The normalized spacial score (nSPS) is 23.4. The standard InChI is InChI=1S/C14H26N2O2S/c1-14(2,3)18-13(17)16(12-4-5-12)8-7-15-11-6-9-19-10-11/h11-12,15H,4-10H2,1-3H3. The molecule has 0 spiro atoms. The van der Waals surface area contributed by atoms with E-state index in [1.165, 1.54) is 17.9 Å². The molecule has 5 heteroatoms. The highest BCUT2D eigenvalue weighted by Crippen LogP contribution is 2.28. The summed E-state index contributed by atoms with van der Waals surface area (Å²) < 4.78 is 5.48. The number of carbonyl (C=O) groups excluding carboxylic acids is 1. The fourth-order valence-electron chi connectivity index (χ4n) is 2.21. The molecule has 1 N–H and O–H groups in total. The predicted molar refractivity (Wildman–Crippen MR) is 79.7 cm³/mol. The van der Waals surface area contributed by atoms with Gasteiger partial charge in [0.25, 0.3) is 0 Å². The van der Waals surface area contributed by atoms with Crippen molar-refractivity contribution in [2.24, 2.45) is 0 Å². The summed E-state index contributed by atoms with van der Waals surface area (Å²) in [6, 6.07) is 1.04. The Kier molecular flexibility index (Phi) is 5.01. The third kappa shape index (κ3) is 5.22. The summed E-state index contributed by atoms with van der Waals surface area (Å²) in [5.74, 6) is 2.46. The van der Waals surface area contributed by atoms with Crippen molar-refractivity contribution in [1.29, 1.82) is 0 Å². The summed E-state index contributed by atoms with van der Waals surface area (Å²) >= 11 is 2.01. The van der Waals surface area contributed by atoms with Gasteiger partial charge >= 0.3 is 6.09 Å². The van der Waals surface area contributed by atoms with Crippen LogP contribution in [-0.4, -0.2) is 53.3 Å². The van der Waals surface area contributed by atoms with Gasteiger partial charge in [0.05, 0.1) is 0 Å². The summed E-state index contributed by atoms with van der Waals surface area (Å²) in [5, 5.41) is 3.54. The van der Waals surface area contributed by atoms with Gasteiger partial charge in [-0.05, 0) is 45.8 Å². The summed E-state index contributed by atoms with van der Waals surface area (Å²) in [6.07, 6.45) is 3.34. The molecular formula is C14H26N2O2S. The van der Waals surface area contributed by atoms with Gasteiger partial charge in [-0.3, -0.25) is 0 Å². The Bertz CT molecular complexity index is 307. The molecule has 1 aliphatic heterocycles. The van der Waals surface area contributed by atoms with E-state index in [0.717, 1.165) is 25.9 Å². The largest absolute Gasteiger partial charge is 0.444 e. The molecule has 0 aromatic rings. The lowest BCUT2D eigenvalue weighted by molar-refractivity contribution is 0.0235. The second-order valence-electron chi connectivity index (χ2n) is 6.42. The Balaban J connectivity index is 1.74. The number of amides is 1. The van der Waals surface area contributed by atoms with Crippen LogP contribution in [0.3, 0.4) is 0 Å². The molecule has 1 unspecified atom stereocenters. The number of rotatable bonds is 5. The lowest BCUT2D eigenvalue weighted by Gasteiger charge is -2.28. The molecule has 1 saturated carbocycles. The molecule has 0 bridgehead atoms. The van der Waals surface area contributed by atoms with Gasteiger partial charge in [-0.25, -0.2) is 4.79 Å². The van der Waals surface area contributed by atoms with E-state index in [1.807, 2.05) is 37.4 Å². The van der Waals surface area contributed by atoms with E-state index in [1.54, 1.807) is 0 Å². The lowest BCUT2D eigenvalue weighted by Crippen LogP contribution is -2.43. The smallest absolute Gasteiger partial charge is 0.410 e. The minimum atomic E-state index is -0.403. The molecule has 1 atom stereocenters. The highest BCUT2D eigenvalue weighted by molar-refractivity contribution is 7.99. The second-order valence-corrected chi connectivity index (χ2v) is 7.57. The van der Waals surface area contributed by atoms with E-state index >= 15 is 0 Å². The van der Waals surface area contributed by atoms with Gasteiger partial charge in [0.1, 0.15) is 5.60 Å². The second kappa shape index (κ2) is 6.35. The molecule has 1 aliphatic carbocycles. The minimum absolute atomic E-state index is 0.155. The molecule has 2 fully saturated rings. The average molecular weight is 286 g/mol. The van der Waals surface area contributed by atoms with Crippen molar-refractivity contribution in [3.8, 4) is 0 Å². The van der Waals surface area contributed by atoms with E-state index in [-0.39, 0.29) is 6.09 Å². The predicted octanol–water partition coefficient (Wildman–Crippen LogP) is 2.48.